The van der Waals surface area contributed by atoms with Crippen LogP contribution in [0.2, 0.25) is 0 Å². The molecule has 0 N–H and O–H groups in total. The summed E-state index contributed by atoms with van der Waals surface area (Å²) in [7, 11) is 5.93. The number of methoxy groups -OCH3 is 1. The molecule has 15 heavy (non-hydrogen) atoms. The van der Waals surface area contributed by atoms with Gasteiger partial charge < -0.3 is 9.64 Å². The lowest BCUT2D eigenvalue weighted by Crippen LogP contribution is -2.15. The summed E-state index contributed by atoms with van der Waals surface area (Å²) in [4.78, 5) is 2.20. The molecule has 0 bridgehead atoms. The molecule has 0 aliphatic heterocycles. The van der Waals surface area contributed by atoms with Crippen molar-refractivity contribution in [1.82, 2.24) is 4.90 Å². The van der Waals surface area contributed by atoms with Crippen LogP contribution in [0.25, 0.3) is 0 Å². The Labute approximate surface area is 92.9 Å². The molecule has 0 fully saturated rings. The molecular formula is C13H21NO. The van der Waals surface area contributed by atoms with Gasteiger partial charge in [0.25, 0.3) is 0 Å². The molecule has 2 heteroatoms. The van der Waals surface area contributed by atoms with Crippen LogP contribution in [0.1, 0.15) is 16.7 Å². The summed E-state index contributed by atoms with van der Waals surface area (Å²) in [5, 5.41) is 0. The fourth-order valence-corrected chi connectivity index (χ4v) is 1.86. The summed E-state index contributed by atoms with van der Waals surface area (Å²) >= 11 is 0. The number of aryl methyl sites for hydroxylation is 2. The molecule has 0 amide bonds. The second-order valence-corrected chi connectivity index (χ2v) is 4.32. The van der Waals surface area contributed by atoms with E-state index in [-0.39, 0.29) is 0 Å². The van der Waals surface area contributed by atoms with Crippen molar-refractivity contribution in [2.75, 3.05) is 27.7 Å². The van der Waals surface area contributed by atoms with Crippen molar-refractivity contribution < 1.29 is 4.74 Å². The minimum atomic E-state index is 1.02. The summed E-state index contributed by atoms with van der Waals surface area (Å²) in [5.74, 6) is 1.02. The minimum absolute atomic E-state index is 1.02. The van der Waals surface area contributed by atoms with Gasteiger partial charge in [-0.25, -0.2) is 0 Å². The molecular weight excluding hydrogens is 186 g/mol. The first-order valence-electron chi connectivity index (χ1n) is 5.33. The van der Waals surface area contributed by atoms with Crippen LogP contribution in [0.4, 0.5) is 0 Å². The van der Waals surface area contributed by atoms with Crippen LogP contribution in [0.5, 0.6) is 5.75 Å². The van der Waals surface area contributed by atoms with Crippen LogP contribution < -0.4 is 4.74 Å². The molecule has 0 radical (unpaired) electrons. The zero-order chi connectivity index (χ0) is 11.4. The molecule has 84 valence electrons. The third-order valence-electron chi connectivity index (χ3n) is 2.57. The smallest absolute Gasteiger partial charge is 0.124 e. The predicted octanol–water partition coefficient (Wildman–Crippen LogP) is 2.42. The third kappa shape index (κ3) is 3.24. The lowest BCUT2D eigenvalue weighted by atomic mass is 10.0. The van der Waals surface area contributed by atoms with E-state index in [1.807, 2.05) is 0 Å². The van der Waals surface area contributed by atoms with E-state index < -0.39 is 0 Å². The molecule has 0 aromatic heterocycles. The Morgan fingerprint density at radius 2 is 1.67 bits per heavy atom. The summed E-state index contributed by atoms with van der Waals surface area (Å²) in [6.45, 7) is 5.29. The molecule has 0 atom stereocenters. The third-order valence-corrected chi connectivity index (χ3v) is 2.57. The van der Waals surface area contributed by atoms with E-state index >= 15 is 0 Å². The summed E-state index contributed by atoms with van der Waals surface area (Å²) < 4.78 is 5.35. The summed E-state index contributed by atoms with van der Waals surface area (Å²) in [6.07, 6.45) is 1.10. The average Bonchev–Trinajstić information content (AvgIpc) is 2.14. The lowest BCUT2D eigenvalue weighted by molar-refractivity contribution is 0.406. The van der Waals surface area contributed by atoms with Crippen LogP contribution in [0, 0.1) is 13.8 Å². The van der Waals surface area contributed by atoms with E-state index in [9.17, 15) is 0 Å². The van der Waals surface area contributed by atoms with Gasteiger partial charge in [0.1, 0.15) is 5.75 Å². The molecule has 0 aliphatic rings. The predicted molar refractivity (Wildman–Crippen MR) is 64.7 cm³/mol. The van der Waals surface area contributed by atoms with Crippen molar-refractivity contribution in [3.05, 3.63) is 28.8 Å². The number of rotatable bonds is 4. The highest BCUT2D eigenvalue weighted by atomic mass is 16.5. The van der Waals surface area contributed by atoms with E-state index in [2.05, 4.69) is 45.0 Å². The van der Waals surface area contributed by atoms with E-state index in [4.69, 9.17) is 4.74 Å². The Kier molecular flexibility index (Phi) is 4.15. The lowest BCUT2D eigenvalue weighted by Gasteiger charge is -2.13. The molecule has 1 rings (SSSR count). The fraction of sp³-hybridized carbons (Fsp3) is 0.538. The Morgan fingerprint density at radius 1 is 1.13 bits per heavy atom. The zero-order valence-corrected chi connectivity index (χ0v) is 10.4. The highest BCUT2D eigenvalue weighted by Gasteiger charge is 2.05. The first kappa shape index (κ1) is 12.1. The Bertz CT molecular complexity index is 308. The van der Waals surface area contributed by atoms with Gasteiger partial charge in [-0.3, -0.25) is 0 Å². The van der Waals surface area contributed by atoms with Crippen molar-refractivity contribution in [3.63, 3.8) is 0 Å². The summed E-state index contributed by atoms with van der Waals surface area (Å²) in [6, 6.07) is 4.44. The molecule has 0 unspecified atom stereocenters. The largest absolute Gasteiger partial charge is 0.496 e. The molecule has 0 spiro atoms. The number of nitrogens with zero attached hydrogens (tertiary/aromatic N) is 1. The number of hydrogen-bond donors (Lipinski definition) is 0. The quantitative estimate of drug-likeness (QED) is 0.752. The van der Waals surface area contributed by atoms with Crippen LogP contribution in [0.15, 0.2) is 12.1 Å². The van der Waals surface area contributed by atoms with E-state index in [1.54, 1.807) is 7.11 Å². The fourth-order valence-electron chi connectivity index (χ4n) is 1.86. The Balaban J connectivity index is 2.84. The van der Waals surface area contributed by atoms with Gasteiger partial charge in [0.15, 0.2) is 0 Å². The van der Waals surface area contributed by atoms with Crippen molar-refractivity contribution in [2.45, 2.75) is 20.3 Å². The van der Waals surface area contributed by atoms with E-state index in [1.165, 1.54) is 16.7 Å². The van der Waals surface area contributed by atoms with E-state index in [0.717, 1.165) is 18.7 Å². The zero-order valence-electron chi connectivity index (χ0n) is 10.4. The van der Waals surface area contributed by atoms with Crippen molar-refractivity contribution in [1.29, 1.82) is 0 Å². The van der Waals surface area contributed by atoms with Gasteiger partial charge in [-0.15, -0.1) is 0 Å². The monoisotopic (exact) mass is 207 g/mol. The van der Waals surface area contributed by atoms with Crippen LogP contribution >= 0.6 is 0 Å². The van der Waals surface area contributed by atoms with Gasteiger partial charge in [0.2, 0.25) is 0 Å². The van der Waals surface area contributed by atoms with Crippen molar-refractivity contribution >= 4 is 0 Å². The number of ether oxygens (including phenoxy) is 1. The van der Waals surface area contributed by atoms with Gasteiger partial charge in [0, 0.05) is 6.54 Å². The van der Waals surface area contributed by atoms with Gasteiger partial charge in [-0.05, 0) is 51.1 Å². The molecule has 1 aromatic rings. The molecule has 0 saturated carbocycles. The minimum Gasteiger partial charge on any atom is -0.496 e. The molecule has 0 heterocycles. The molecule has 1 aromatic carbocycles. The maximum absolute atomic E-state index is 5.35. The first-order chi connectivity index (χ1) is 7.04. The Hall–Kier alpha value is -1.02. The molecule has 2 nitrogen and oxygen atoms in total. The van der Waals surface area contributed by atoms with Crippen LogP contribution in [-0.2, 0) is 6.42 Å². The maximum Gasteiger partial charge on any atom is 0.124 e. The maximum atomic E-state index is 5.35. The van der Waals surface area contributed by atoms with Crippen LogP contribution in [0.3, 0.4) is 0 Å². The summed E-state index contributed by atoms with van der Waals surface area (Å²) in [5.41, 5.74) is 3.84. The Morgan fingerprint density at radius 3 is 2.07 bits per heavy atom. The second kappa shape index (κ2) is 5.17. The average molecular weight is 207 g/mol. The van der Waals surface area contributed by atoms with Crippen molar-refractivity contribution in [2.24, 2.45) is 0 Å². The van der Waals surface area contributed by atoms with Crippen molar-refractivity contribution in [3.8, 4) is 5.75 Å². The first-order valence-corrected chi connectivity index (χ1v) is 5.33. The number of likely N-dealkylation sites (N-methyl/N-ethyl adjacent to an activating group) is 1. The van der Waals surface area contributed by atoms with Gasteiger partial charge in [0.05, 0.1) is 7.11 Å². The van der Waals surface area contributed by atoms with Gasteiger partial charge in [-0.1, -0.05) is 12.1 Å². The van der Waals surface area contributed by atoms with E-state index in [0.29, 0.717) is 0 Å². The standard InChI is InChI=1S/C13H21NO/c1-10-8-12(6-7-14(3)4)9-11(2)13(10)15-5/h8-9H,6-7H2,1-5H3. The normalized spacial score (nSPS) is 10.8. The second-order valence-electron chi connectivity index (χ2n) is 4.32. The SMILES string of the molecule is COc1c(C)cc(CCN(C)C)cc1C. The van der Waals surface area contributed by atoms with Crippen LogP contribution in [-0.4, -0.2) is 32.6 Å². The van der Waals surface area contributed by atoms with Gasteiger partial charge in [-0.2, -0.15) is 0 Å². The molecule has 0 saturated heterocycles. The topological polar surface area (TPSA) is 12.5 Å². The highest BCUT2D eigenvalue weighted by Crippen LogP contribution is 2.24. The highest BCUT2D eigenvalue weighted by molar-refractivity contribution is 5.43. The number of benzene rings is 1. The number of hydrogen-bond acceptors (Lipinski definition) is 2. The van der Waals surface area contributed by atoms with Gasteiger partial charge >= 0.3 is 0 Å². The molecule has 0 aliphatic carbocycles.